The number of carbonyl (C=O) groups is 1. The summed E-state index contributed by atoms with van der Waals surface area (Å²) in [6.45, 7) is 4.31. The molecule has 116 valence electrons. The van der Waals surface area contributed by atoms with Crippen molar-refractivity contribution in [3.05, 3.63) is 28.4 Å². The van der Waals surface area contributed by atoms with E-state index in [4.69, 9.17) is 9.47 Å². The van der Waals surface area contributed by atoms with Crippen molar-refractivity contribution in [2.75, 3.05) is 31.7 Å². The summed E-state index contributed by atoms with van der Waals surface area (Å²) in [4.78, 5) is 22.9. The Labute approximate surface area is 136 Å². The molecule has 0 radical (unpaired) electrons. The zero-order valence-corrected chi connectivity index (χ0v) is 14.0. The van der Waals surface area contributed by atoms with Gasteiger partial charge in [0, 0.05) is 17.6 Å². The van der Waals surface area contributed by atoms with Crippen LogP contribution in [0.1, 0.15) is 17.3 Å². The monoisotopic (exact) mass is 365 g/mol. The average Bonchev–Trinajstić information content (AvgIpc) is 2.53. The molecule has 1 atom stereocenters. The molecule has 1 aliphatic heterocycles. The van der Waals surface area contributed by atoms with Gasteiger partial charge in [0.1, 0.15) is 11.3 Å². The van der Waals surface area contributed by atoms with E-state index in [1.807, 2.05) is 6.92 Å². The third-order valence-corrected chi connectivity index (χ3v) is 4.18. The zero-order valence-electron chi connectivity index (χ0n) is 12.4. The highest BCUT2D eigenvalue weighted by atomic mass is 79.9. The molecule has 6 nitrogen and oxygen atoms in total. The van der Waals surface area contributed by atoms with Gasteiger partial charge < -0.3 is 14.4 Å². The fourth-order valence-electron chi connectivity index (χ4n) is 2.48. The minimum Gasteiger partial charge on any atom is -0.465 e. The van der Waals surface area contributed by atoms with Gasteiger partial charge in [-0.25, -0.2) is 9.78 Å². The maximum Gasteiger partial charge on any atom is 0.337 e. The normalized spacial score (nSPS) is 18.5. The highest BCUT2D eigenvalue weighted by Gasteiger charge is 2.19. The van der Waals surface area contributed by atoms with E-state index in [0.29, 0.717) is 17.7 Å². The Morgan fingerprint density at radius 3 is 3.05 bits per heavy atom. The lowest BCUT2D eigenvalue weighted by atomic mass is 10.2. The van der Waals surface area contributed by atoms with Crippen LogP contribution in [-0.4, -0.2) is 48.8 Å². The molecule has 1 aromatic heterocycles. The van der Waals surface area contributed by atoms with E-state index >= 15 is 0 Å². The number of carbonyl (C=O) groups excluding carboxylic acids is 1. The van der Waals surface area contributed by atoms with Crippen molar-refractivity contribution < 1.29 is 14.3 Å². The second kappa shape index (κ2) is 6.18. The van der Waals surface area contributed by atoms with Gasteiger partial charge in [-0.05, 0) is 35.0 Å². The van der Waals surface area contributed by atoms with Gasteiger partial charge in [0.2, 0.25) is 0 Å². The van der Waals surface area contributed by atoms with Crippen molar-refractivity contribution in [2.24, 2.45) is 0 Å². The van der Waals surface area contributed by atoms with Gasteiger partial charge in [-0.2, -0.15) is 0 Å². The Bertz CT molecular complexity index is 722. The van der Waals surface area contributed by atoms with E-state index in [-0.39, 0.29) is 6.10 Å². The molecule has 2 aromatic rings. The lowest BCUT2D eigenvalue weighted by Crippen LogP contribution is -2.41. The van der Waals surface area contributed by atoms with Gasteiger partial charge in [0.15, 0.2) is 0 Å². The lowest BCUT2D eigenvalue weighted by Gasteiger charge is -2.31. The number of rotatable bonds is 2. The number of anilines is 1. The van der Waals surface area contributed by atoms with Crippen LogP contribution in [0.15, 0.2) is 22.8 Å². The van der Waals surface area contributed by atoms with Crippen LogP contribution in [0.5, 0.6) is 0 Å². The van der Waals surface area contributed by atoms with E-state index in [9.17, 15) is 4.79 Å². The third-order valence-electron chi connectivity index (χ3n) is 3.57. The lowest BCUT2D eigenvalue weighted by molar-refractivity contribution is 0.0529. The first kappa shape index (κ1) is 15.2. The number of hydrogen-bond acceptors (Lipinski definition) is 6. The number of methoxy groups -OCH3 is 1. The Hall–Kier alpha value is -1.73. The highest BCUT2D eigenvalue weighted by molar-refractivity contribution is 9.10. The number of fused-ring (bicyclic) bond motifs is 1. The van der Waals surface area contributed by atoms with Crippen molar-refractivity contribution in [1.82, 2.24) is 9.97 Å². The van der Waals surface area contributed by atoms with E-state index in [0.717, 1.165) is 28.9 Å². The maximum absolute atomic E-state index is 11.6. The van der Waals surface area contributed by atoms with E-state index < -0.39 is 5.97 Å². The summed E-state index contributed by atoms with van der Waals surface area (Å²) in [5, 5.41) is 0. The van der Waals surface area contributed by atoms with E-state index in [2.05, 4.69) is 30.8 Å². The number of nitrogens with zero attached hydrogens (tertiary/aromatic N) is 3. The van der Waals surface area contributed by atoms with Gasteiger partial charge in [-0.1, -0.05) is 0 Å². The summed E-state index contributed by atoms with van der Waals surface area (Å²) < 4.78 is 11.0. The smallest absolute Gasteiger partial charge is 0.337 e. The fraction of sp³-hybridized carbons (Fsp3) is 0.400. The van der Waals surface area contributed by atoms with Gasteiger partial charge in [0.25, 0.3) is 0 Å². The molecule has 1 fully saturated rings. The molecule has 0 spiro atoms. The SMILES string of the molecule is COC(=O)c1cc(Br)c2nc(N3CCO[C@H](C)C3)cnc2c1. The number of hydrogen-bond donors (Lipinski definition) is 0. The third kappa shape index (κ3) is 2.91. The van der Waals surface area contributed by atoms with Crippen molar-refractivity contribution in [3.8, 4) is 0 Å². The molecule has 0 N–H and O–H groups in total. The first-order chi connectivity index (χ1) is 10.6. The Balaban J connectivity index is 1.99. The molecule has 0 unspecified atom stereocenters. The van der Waals surface area contributed by atoms with Crippen LogP contribution in [0.4, 0.5) is 5.82 Å². The van der Waals surface area contributed by atoms with Gasteiger partial charge in [-0.3, -0.25) is 4.98 Å². The topological polar surface area (TPSA) is 64.5 Å². The predicted molar refractivity (Wildman–Crippen MR) is 86.2 cm³/mol. The molecule has 2 heterocycles. The quantitative estimate of drug-likeness (QED) is 0.761. The molecule has 0 saturated carbocycles. The van der Waals surface area contributed by atoms with Gasteiger partial charge >= 0.3 is 5.97 Å². The number of benzene rings is 1. The highest BCUT2D eigenvalue weighted by Crippen LogP contribution is 2.26. The molecule has 1 aliphatic rings. The van der Waals surface area contributed by atoms with Crippen molar-refractivity contribution in [1.29, 1.82) is 0 Å². The Kier molecular flexibility index (Phi) is 4.26. The van der Waals surface area contributed by atoms with Gasteiger partial charge in [-0.15, -0.1) is 0 Å². The van der Waals surface area contributed by atoms with Crippen molar-refractivity contribution in [3.63, 3.8) is 0 Å². The number of aromatic nitrogens is 2. The van der Waals surface area contributed by atoms with Gasteiger partial charge in [0.05, 0.1) is 37.1 Å². The van der Waals surface area contributed by atoms with Crippen LogP contribution in [0, 0.1) is 0 Å². The van der Waals surface area contributed by atoms with Crippen LogP contribution >= 0.6 is 15.9 Å². The molecule has 7 heteroatoms. The van der Waals surface area contributed by atoms with Crippen LogP contribution in [0.2, 0.25) is 0 Å². The molecule has 1 saturated heterocycles. The largest absolute Gasteiger partial charge is 0.465 e. The van der Waals surface area contributed by atoms with E-state index in [1.54, 1.807) is 18.3 Å². The second-order valence-electron chi connectivity index (χ2n) is 5.17. The molecule has 1 aromatic carbocycles. The molecular weight excluding hydrogens is 350 g/mol. The molecule has 0 aliphatic carbocycles. The van der Waals surface area contributed by atoms with Crippen LogP contribution in [0.25, 0.3) is 11.0 Å². The number of halogens is 1. The van der Waals surface area contributed by atoms with Crippen molar-refractivity contribution >= 4 is 38.8 Å². The Morgan fingerprint density at radius 2 is 2.32 bits per heavy atom. The zero-order chi connectivity index (χ0) is 15.7. The van der Waals surface area contributed by atoms with Crippen LogP contribution in [0.3, 0.4) is 0 Å². The molecule has 0 amide bonds. The van der Waals surface area contributed by atoms with E-state index in [1.165, 1.54) is 7.11 Å². The number of esters is 1. The first-order valence-electron chi connectivity index (χ1n) is 6.99. The number of morpholine rings is 1. The van der Waals surface area contributed by atoms with Crippen LogP contribution < -0.4 is 4.90 Å². The standard InChI is InChI=1S/C15H16BrN3O3/c1-9-8-19(3-4-22-9)13-7-17-12-6-10(15(20)21-2)5-11(16)14(12)18-13/h5-7,9H,3-4,8H2,1-2H3/t9-/m1/s1. The molecule has 22 heavy (non-hydrogen) atoms. The average molecular weight is 366 g/mol. The minimum atomic E-state index is -0.393. The summed E-state index contributed by atoms with van der Waals surface area (Å²) in [5.41, 5.74) is 1.83. The summed E-state index contributed by atoms with van der Waals surface area (Å²) in [7, 11) is 1.36. The fourth-order valence-corrected chi connectivity index (χ4v) is 3.02. The summed E-state index contributed by atoms with van der Waals surface area (Å²) in [6, 6.07) is 3.39. The second-order valence-corrected chi connectivity index (χ2v) is 6.03. The summed E-state index contributed by atoms with van der Waals surface area (Å²) in [6.07, 6.45) is 1.91. The molecule has 0 bridgehead atoms. The first-order valence-corrected chi connectivity index (χ1v) is 7.79. The molecule has 3 rings (SSSR count). The number of ether oxygens (including phenoxy) is 2. The summed E-state index contributed by atoms with van der Waals surface area (Å²) >= 11 is 3.46. The minimum absolute atomic E-state index is 0.177. The Morgan fingerprint density at radius 1 is 1.50 bits per heavy atom. The van der Waals surface area contributed by atoms with Crippen molar-refractivity contribution in [2.45, 2.75) is 13.0 Å². The molecular formula is C15H16BrN3O3. The summed E-state index contributed by atoms with van der Waals surface area (Å²) in [5.74, 6) is 0.421. The predicted octanol–water partition coefficient (Wildman–Crippen LogP) is 2.40. The van der Waals surface area contributed by atoms with Crippen LogP contribution in [-0.2, 0) is 9.47 Å². The maximum atomic E-state index is 11.6.